The first-order valence-electron chi connectivity index (χ1n) is 6.96. The van der Waals surface area contributed by atoms with Gasteiger partial charge < -0.3 is 5.32 Å². The Morgan fingerprint density at radius 1 is 1.17 bits per heavy atom. The Kier molecular flexibility index (Phi) is 6.80. The molecule has 1 unspecified atom stereocenters. The first-order valence-corrected chi connectivity index (χ1v) is 8.01. The molecule has 0 saturated heterocycles. The largest absolute Gasteiger partial charge is 0.309 e. The Morgan fingerprint density at radius 2 is 1.89 bits per heavy atom. The van der Waals surface area contributed by atoms with E-state index in [0.29, 0.717) is 11.3 Å². The smallest absolute Gasteiger partial charge is 0.0412 e. The number of thioether (sulfide) groups is 1. The van der Waals surface area contributed by atoms with Crippen LogP contribution in [0, 0.1) is 13.8 Å². The van der Waals surface area contributed by atoms with Gasteiger partial charge in [-0.2, -0.15) is 11.8 Å². The summed E-state index contributed by atoms with van der Waals surface area (Å²) in [5, 5.41) is 4.36. The summed E-state index contributed by atoms with van der Waals surface area (Å²) in [4.78, 5) is 0. The van der Waals surface area contributed by atoms with Gasteiger partial charge in [-0.05, 0) is 48.8 Å². The Bertz CT molecular complexity index is 360. The van der Waals surface area contributed by atoms with Crippen LogP contribution in [0.25, 0.3) is 0 Å². The average molecular weight is 265 g/mol. The molecule has 1 N–H and O–H groups in total. The molecule has 2 heteroatoms. The maximum absolute atomic E-state index is 3.67. The van der Waals surface area contributed by atoms with Gasteiger partial charge in [-0.25, -0.2) is 0 Å². The summed E-state index contributed by atoms with van der Waals surface area (Å²) >= 11 is 2.03. The van der Waals surface area contributed by atoms with Crippen LogP contribution in [-0.2, 0) is 0 Å². The minimum atomic E-state index is 0.483. The van der Waals surface area contributed by atoms with E-state index in [-0.39, 0.29) is 0 Å². The van der Waals surface area contributed by atoms with Gasteiger partial charge in [0.15, 0.2) is 0 Å². The third-order valence-electron chi connectivity index (χ3n) is 3.17. The standard InChI is InChI=1S/C16H27NS/c1-6-9-17-16(11-18-12(2)3)15-8-7-13(4)14(5)10-15/h7-8,10,12,16-17H,6,9,11H2,1-5H3. The SMILES string of the molecule is CCCNC(CSC(C)C)c1ccc(C)c(C)c1. The molecule has 1 aromatic rings. The summed E-state index contributed by atoms with van der Waals surface area (Å²) in [6.07, 6.45) is 1.19. The Balaban J connectivity index is 2.76. The molecule has 1 aromatic carbocycles. The second-order valence-corrected chi connectivity index (χ2v) is 6.84. The fraction of sp³-hybridized carbons (Fsp3) is 0.625. The third-order valence-corrected chi connectivity index (χ3v) is 4.36. The molecule has 0 radical (unpaired) electrons. The molecule has 0 saturated carbocycles. The summed E-state index contributed by atoms with van der Waals surface area (Å²) in [6.45, 7) is 12.2. The molecule has 1 rings (SSSR count). The van der Waals surface area contributed by atoms with Crippen molar-refractivity contribution < 1.29 is 0 Å². The van der Waals surface area contributed by atoms with E-state index < -0.39 is 0 Å². The van der Waals surface area contributed by atoms with Crippen molar-refractivity contribution in [1.29, 1.82) is 0 Å². The van der Waals surface area contributed by atoms with Crippen LogP contribution in [0.4, 0.5) is 0 Å². The molecular formula is C16H27NS. The minimum Gasteiger partial charge on any atom is -0.309 e. The molecule has 0 heterocycles. The number of hydrogen-bond donors (Lipinski definition) is 1. The molecule has 0 aromatic heterocycles. The monoisotopic (exact) mass is 265 g/mol. The second-order valence-electron chi connectivity index (χ2n) is 5.23. The van der Waals surface area contributed by atoms with Crippen molar-refractivity contribution >= 4 is 11.8 Å². The van der Waals surface area contributed by atoms with Gasteiger partial charge in [0.25, 0.3) is 0 Å². The van der Waals surface area contributed by atoms with Crippen molar-refractivity contribution in [3.63, 3.8) is 0 Å². The molecule has 0 fully saturated rings. The van der Waals surface area contributed by atoms with Crippen LogP contribution in [0.5, 0.6) is 0 Å². The van der Waals surface area contributed by atoms with E-state index in [0.717, 1.165) is 12.3 Å². The molecular weight excluding hydrogens is 238 g/mol. The van der Waals surface area contributed by atoms with Gasteiger partial charge in [-0.3, -0.25) is 0 Å². The van der Waals surface area contributed by atoms with E-state index in [9.17, 15) is 0 Å². The molecule has 1 atom stereocenters. The lowest BCUT2D eigenvalue weighted by molar-refractivity contribution is 0.576. The number of nitrogens with one attached hydrogen (secondary N) is 1. The fourth-order valence-electron chi connectivity index (χ4n) is 1.86. The van der Waals surface area contributed by atoms with E-state index in [4.69, 9.17) is 0 Å². The van der Waals surface area contributed by atoms with Crippen molar-refractivity contribution in [2.45, 2.75) is 52.3 Å². The molecule has 0 aliphatic heterocycles. The van der Waals surface area contributed by atoms with Crippen LogP contribution >= 0.6 is 11.8 Å². The van der Waals surface area contributed by atoms with E-state index >= 15 is 0 Å². The van der Waals surface area contributed by atoms with Crippen LogP contribution in [0.2, 0.25) is 0 Å². The number of benzene rings is 1. The Labute approximate surface area is 117 Å². The normalized spacial score (nSPS) is 13.0. The van der Waals surface area contributed by atoms with E-state index in [1.54, 1.807) is 0 Å². The van der Waals surface area contributed by atoms with Gasteiger partial charge in [0, 0.05) is 11.8 Å². The third kappa shape index (κ3) is 5.03. The van der Waals surface area contributed by atoms with Crippen molar-refractivity contribution in [3.05, 3.63) is 34.9 Å². The quantitative estimate of drug-likeness (QED) is 0.780. The molecule has 102 valence electrons. The zero-order valence-electron chi connectivity index (χ0n) is 12.4. The highest BCUT2D eigenvalue weighted by atomic mass is 32.2. The van der Waals surface area contributed by atoms with Crippen molar-refractivity contribution in [3.8, 4) is 0 Å². The van der Waals surface area contributed by atoms with Crippen LogP contribution in [-0.4, -0.2) is 17.5 Å². The number of rotatable bonds is 7. The molecule has 0 aliphatic rings. The van der Waals surface area contributed by atoms with Crippen molar-refractivity contribution in [2.75, 3.05) is 12.3 Å². The molecule has 18 heavy (non-hydrogen) atoms. The lowest BCUT2D eigenvalue weighted by Gasteiger charge is -2.20. The molecule has 0 aliphatic carbocycles. The summed E-state index contributed by atoms with van der Waals surface area (Å²) in [5.41, 5.74) is 4.20. The van der Waals surface area contributed by atoms with Gasteiger partial charge in [0.05, 0.1) is 0 Å². The lowest BCUT2D eigenvalue weighted by Crippen LogP contribution is -2.24. The topological polar surface area (TPSA) is 12.0 Å². The summed E-state index contributed by atoms with van der Waals surface area (Å²) in [7, 11) is 0. The van der Waals surface area contributed by atoms with Gasteiger partial charge in [-0.15, -0.1) is 0 Å². The van der Waals surface area contributed by atoms with Gasteiger partial charge in [0.2, 0.25) is 0 Å². The van der Waals surface area contributed by atoms with E-state index in [1.165, 1.54) is 23.1 Å². The Hall–Kier alpha value is -0.470. The highest BCUT2D eigenvalue weighted by Gasteiger charge is 2.12. The zero-order chi connectivity index (χ0) is 13.5. The highest BCUT2D eigenvalue weighted by Crippen LogP contribution is 2.23. The predicted molar refractivity (Wildman–Crippen MR) is 84.5 cm³/mol. The number of aryl methyl sites for hydroxylation is 2. The van der Waals surface area contributed by atoms with Gasteiger partial charge in [0.1, 0.15) is 0 Å². The lowest BCUT2D eigenvalue weighted by atomic mass is 10.0. The van der Waals surface area contributed by atoms with E-state index in [2.05, 4.69) is 58.1 Å². The highest BCUT2D eigenvalue weighted by molar-refractivity contribution is 7.99. The van der Waals surface area contributed by atoms with Gasteiger partial charge in [-0.1, -0.05) is 39.0 Å². The maximum Gasteiger partial charge on any atom is 0.0412 e. The van der Waals surface area contributed by atoms with Crippen LogP contribution < -0.4 is 5.32 Å². The first-order chi connectivity index (χ1) is 8.54. The van der Waals surface area contributed by atoms with Gasteiger partial charge >= 0.3 is 0 Å². The first kappa shape index (κ1) is 15.6. The van der Waals surface area contributed by atoms with E-state index in [1.807, 2.05) is 11.8 Å². The predicted octanol–water partition coefficient (Wildman–Crippen LogP) is 4.49. The molecule has 0 spiro atoms. The molecule has 0 amide bonds. The van der Waals surface area contributed by atoms with Crippen LogP contribution in [0.1, 0.15) is 49.9 Å². The number of hydrogen-bond acceptors (Lipinski definition) is 2. The van der Waals surface area contributed by atoms with Crippen molar-refractivity contribution in [2.24, 2.45) is 0 Å². The maximum atomic E-state index is 3.67. The minimum absolute atomic E-state index is 0.483. The Morgan fingerprint density at radius 3 is 2.44 bits per heavy atom. The second kappa shape index (κ2) is 7.85. The average Bonchev–Trinajstić information content (AvgIpc) is 2.33. The summed E-state index contributed by atoms with van der Waals surface area (Å²) < 4.78 is 0. The zero-order valence-corrected chi connectivity index (χ0v) is 13.2. The summed E-state index contributed by atoms with van der Waals surface area (Å²) in [6, 6.07) is 7.34. The molecule has 0 bridgehead atoms. The van der Waals surface area contributed by atoms with Crippen molar-refractivity contribution in [1.82, 2.24) is 5.32 Å². The fourth-order valence-corrected chi connectivity index (χ4v) is 2.75. The molecule has 1 nitrogen and oxygen atoms in total. The summed E-state index contributed by atoms with van der Waals surface area (Å²) in [5.74, 6) is 1.15. The van der Waals surface area contributed by atoms with Crippen LogP contribution in [0.3, 0.4) is 0 Å². The van der Waals surface area contributed by atoms with Crippen LogP contribution in [0.15, 0.2) is 18.2 Å².